The molecule has 3 aliphatic heterocycles. The summed E-state index contributed by atoms with van der Waals surface area (Å²) < 4.78 is 11.8. The monoisotopic (exact) mass is 535 g/mol. The van der Waals surface area contributed by atoms with E-state index in [0.717, 1.165) is 44.9 Å². The SMILES string of the molecule is COc1cccc(NC(=O)[C@H]2[C@H]3C=C[C@@]4(O3)[C@H]2C(=O)N(C2CCC(C)CC2)[C@@H]4C(=O)N[C@@H]2CCCC[C@H]2C)c1. The second kappa shape index (κ2) is 10.3. The van der Waals surface area contributed by atoms with Crippen molar-refractivity contribution in [1.82, 2.24) is 10.2 Å². The van der Waals surface area contributed by atoms with E-state index in [2.05, 4.69) is 24.5 Å². The third-order valence-electron chi connectivity index (χ3n) is 10.0. The number of nitrogens with one attached hydrogen (secondary N) is 2. The summed E-state index contributed by atoms with van der Waals surface area (Å²) in [6.45, 7) is 4.44. The Morgan fingerprint density at radius 3 is 2.56 bits per heavy atom. The number of carbonyl (C=O) groups is 3. The number of ether oxygens (including phenoxy) is 2. The number of carbonyl (C=O) groups excluding carboxylic acids is 3. The van der Waals surface area contributed by atoms with E-state index in [1.807, 2.05) is 29.2 Å². The lowest BCUT2D eigenvalue weighted by atomic mass is 9.74. The number of rotatable bonds is 6. The maximum Gasteiger partial charge on any atom is 0.246 e. The van der Waals surface area contributed by atoms with E-state index in [1.54, 1.807) is 19.2 Å². The van der Waals surface area contributed by atoms with Gasteiger partial charge in [0.15, 0.2) is 0 Å². The molecule has 8 heteroatoms. The van der Waals surface area contributed by atoms with Crippen molar-refractivity contribution in [2.24, 2.45) is 23.7 Å². The van der Waals surface area contributed by atoms with E-state index in [-0.39, 0.29) is 29.8 Å². The van der Waals surface area contributed by atoms with Crippen LogP contribution in [0.4, 0.5) is 5.69 Å². The second-order valence-electron chi connectivity index (χ2n) is 12.5. The van der Waals surface area contributed by atoms with E-state index in [9.17, 15) is 14.4 Å². The Bertz CT molecular complexity index is 1160. The van der Waals surface area contributed by atoms with Crippen molar-refractivity contribution >= 4 is 23.4 Å². The van der Waals surface area contributed by atoms with Crippen molar-refractivity contribution < 1.29 is 23.9 Å². The van der Waals surface area contributed by atoms with Crippen molar-refractivity contribution in [3.05, 3.63) is 36.4 Å². The van der Waals surface area contributed by atoms with Gasteiger partial charge in [-0.05, 0) is 62.5 Å². The summed E-state index contributed by atoms with van der Waals surface area (Å²) >= 11 is 0. The average Bonchev–Trinajstić information content (AvgIpc) is 3.58. The van der Waals surface area contributed by atoms with Crippen LogP contribution < -0.4 is 15.4 Å². The second-order valence-corrected chi connectivity index (χ2v) is 12.5. The van der Waals surface area contributed by atoms with Gasteiger partial charge in [0.2, 0.25) is 17.7 Å². The smallest absolute Gasteiger partial charge is 0.246 e. The maximum absolute atomic E-state index is 14.3. The summed E-state index contributed by atoms with van der Waals surface area (Å²) in [5, 5.41) is 6.32. The minimum Gasteiger partial charge on any atom is -0.497 e. The number of hydrogen-bond donors (Lipinski definition) is 2. The first-order valence-electron chi connectivity index (χ1n) is 14.8. The summed E-state index contributed by atoms with van der Waals surface area (Å²) in [5.41, 5.74) is -0.521. The summed E-state index contributed by atoms with van der Waals surface area (Å²) in [4.78, 5) is 44.0. The van der Waals surface area contributed by atoms with E-state index in [4.69, 9.17) is 9.47 Å². The first-order valence-corrected chi connectivity index (χ1v) is 14.8. The highest BCUT2D eigenvalue weighted by molar-refractivity contribution is 6.03. The Hall–Kier alpha value is -2.87. The Labute approximate surface area is 230 Å². The molecule has 39 heavy (non-hydrogen) atoms. The molecule has 1 aromatic carbocycles. The van der Waals surface area contributed by atoms with Crippen LogP contribution >= 0.6 is 0 Å². The minimum absolute atomic E-state index is 0.0219. The molecule has 6 rings (SSSR count). The fourth-order valence-electron chi connectivity index (χ4n) is 7.84. The largest absolute Gasteiger partial charge is 0.497 e. The molecule has 4 fully saturated rings. The molecular weight excluding hydrogens is 494 g/mol. The lowest BCUT2D eigenvalue weighted by Crippen LogP contribution is -2.59. The molecule has 0 aromatic heterocycles. The quantitative estimate of drug-likeness (QED) is 0.536. The number of hydrogen-bond acceptors (Lipinski definition) is 5. The molecular formula is C31H41N3O5. The van der Waals surface area contributed by atoms with Crippen LogP contribution in [0.25, 0.3) is 0 Å². The minimum atomic E-state index is -1.12. The molecule has 5 aliphatic rings. The van der Waals surface area contributed by atoms with Crippen LogP contribution in [-0.4, -0.2) is 59.6 Å². The van der Waals surface area contributed by atoms with E-state index >= 15 is 0 Å². The van der Waals surface area contributed by atoms with Crippen LogP contribution in [0.1, 0.15) is 65.2 Å². The molecule has 3 heterocycles. The maximum atomic E-state index is 14.3. The summed E-state index contributed by atoms with van der Waals surface area (Å²) in [6.07, 6.45) is 11.4. The number of nitrogens with zero attached hydrogens (tertiary/aromatic N) is 1. The Morgan fingerprint density at radius 1 is 1.05 bits per heavy atom. The van der Waals surface area contributed by atoms with Gasteiger partial charge < -0.3 is 25.0 Å². The molecule has 210 valence electrons. The zero-order valence-corrected chi connectivity index (χ0v) is 23.2. The third-order valence-corrected chi connectivity index (χ3v) is 10.0. The van der Waals surface area contributed by atoms with Crippen molar-refractivity contribution in [1.29, 1.82) is 0 Å². The van der Waals surface area contributed by atoms with Gasteiger partial charge in [0.05, 0.1) is 25.0 Å². The van der Waals surface area contributed by atoms with Gasteiger partial charge in [0, 0.05) is 23.8 Å². The molecule has 0 radical (unpaired) electrons. The van der Waals surface area contributed by atoms with Crippen LogP contribution in [-0.2, 0) is 19.1 Å². The molecule has 2 saturated carbocycles. The molecule has 1 aromatic rings. The van der Waals surface area contributed by atoms with Crippen LogP contribution in [0.2, 0.25) is 0 Å². The average molecular weight is 536 g/mol. The Morgan fingerprint density at radius 2 is 1.82 bits per heavy atom. The number of methoxy groups -OCH3 is 1. The van der Waals surface area contributed by atoms with E-state index in [1.165, 1.54) is 6.42 Å². The molecule has 7 atom stereocenters. The van der Waals surface area contributed by atoms with E-state index < -0.39 is 29.6 Å². The van der Waals surface area contributed by atoms with Gasteiger partial charge >= 0.3 is 0 Å². The molecule has 2 aliphatic carbocycles. The predicted molar refractivity (Wildman–Crippen MR) is 147 cm³/mol. The molecule has 2 saturated heterocycles. The lowest BCUT2D eigenvalue weighted by Gasteiger charge is -2.40. The van der Waals surface area contributed by atoms with Gasteiger partial charge in [-0.25, -0.2) is 0 Å². The lowest BCUT2D eigenvalue weighted by molar-refractivity contribution is -0.145. The zero-order valence-electron chi connectivity index (χ0n) is 23.2. The fraction of sp³-hybridized carbons (Fsp3) is 0.645. The van der Waals surface area contributed by atoms with Gasteiger partial charge in [-0.3, -0.25) is 14.4 Å². The number of benzene rings is 1. The van der Waals surface area contributed by atoms with Gasteiger partial charge in [0.25, 0.3) is 0 Å². The van der Waals surface area contributed by atoms with Gasteiger partial charge in [-0.1, -0.05) is 44.9 Å². The van der Waals surface area contributed by atoms with Crippen LogP contribution in [0.3, 0.4) is 0 Å². The summed E-state index contributed by atoms with van der Waals surface area (Å²) in [5.74, 6) is -0.308. The third kappa shape index (κ3) is 4.45. The Balaban J connectivity index is 1.31. The number of anilines is 1. The highest BCUT2D eigenvalue weighted by Gasteiger charge is 2.73. The highest BCUT2D eigenvalue weighted by Crippen LogP contribution is 2.56. The van der Waals surface area contributed by atoms with Crippen molar-refractivity contribution in [3.8, 4) is 5.75 Å². The summed E-state index contributed by atoms with van der Waals surface area (Å²) in [7, 11) is 1.58. The molecule has 2 N–H and O–H groups in total. The Kier molecular flexibility index (Phi) is 6.94. The van der Waals surface area contributed by atoms with Crippen molar-refractivity contribution in [3.63, 3.8) is 0 Å². The van der Waals surface area contributed by atoms with Gasteiger partial charge in [-0.15, -0.1) is 0 Å². The highest BCUT2D eigenvalue weighted by atomic mass is 16.5. The molecule has 3 amide bonds. The van der Waals surface area contributed by atoms with Crippen molar-refractivity contribution in [2.75, 3.05) is 12.4 Å². The van der Waals surface area contributed by atoms with Crippen LogP contribution in [0.5, 0.6) is 5.75 Å². The molecule has 2 bridgehead atoms. The van der Waals surface area contributed by atoms with Crippen molar-refractivity contribution in [2.45, 2.75) is 95.0 Å². The zero-order chi connectivity index (χ0) is 27.3. The van der Waals surface area contributed by atoms with Crippen LogP contribution in [0, 0.1) is 23.7 Å². The predicted octanol–water partition coefficient (Wildman–Crippen LogP) is 4.06. The number of amides is 3. The normalized spacial score (nSPS) is 38.9. The van der Waals surface area contributed by atoms with E-state index in [0.29, 0.717) is 23.3 Å². The molecule has 1 spiro atoms. The van der Waals surface area contributed by atoms with Gasteiger partial charge in [0.1, 0.15) is 17.4 Å². The number of likely N-dealkylation sites (tertiary alicyclic amines) is 1. The fourth-order valence-corrected chi connectivity index (χ4v) is 7.84. The first-order chi connectivity index (χ1) is 18.8. The number of fused-ring (bicyclic) bond motifs is 1. The van der Waals surface area contributed by atoms with Crippen LogP contribution in [0.15, 0.2) is 36.4 Å². The first kappa shape index (κ1) is 26.4. The molecule has 0 unspecified atom stereocenters. The topological polar surface area (TPSA) is 97.0 Å². The van der Waals surface area contributed by atoms with Gasteiger partial charge in [-0.2, -0.15) is 0 Å². The standard InChI is InChI=1S/C31H41N3O5/c1-18-11-13-21(14-12-18)34-27(29(36)33-23-10-5-4-7-19(23)2)31-16-15-24(39-31)25(26(31)30(34)37)28(35)32-20-8-6-9-22(17-20)38-3/h6,8-9,15-19,21,23-27H,4-5,7,10-14H2,1-3H3,(H,32,35)(H,33,36)/t18?,19-,21?,23-,24-,25+,26-,27-,31-/m1/s1. The summed E-state index contributed by atoms with van der Waals surface area (Å²) in [6, 6.07) is 6.49. The molecule has 8 nitrogen and oxygen atoms in total.